The Kier molecular flexibility index (Phi) is 29.3. The Balaban J connectivity index is 3.65. The van der Waals surface area contributed by atoms with E-state index in [1.165, 1.54) is 128 Å². The average Bonchev–Trinajstić information content (AvgIpc) is 2.96. The van der Waals surface area contributed by atoms with Gasteiger partial charge in [0.1, 0.15) is 5.54 Å². The van der Waals surface area contributed by atoms with Crippen LogP contribution < -0.4 is 5.73 Å². The zero-order valence-electron chi connectivity index (χ0n) is 28.0. The summed E-state index contributed by atoms with van der Waals surface area (Å²) in [5.74, 6) is -0.152. The second-order valence-corrected chi connectivity index (χ2v) is 12.7. The van der Waals surface area contributed by atoms with Crippen LogP contribution in [0, 0.1) is 0 Å². The fourth-order valence-electron chi connectivity index (χ4n) is 5.39. The molecule has 0 aliphatic carbocycles. The number of hydrogen-bond donors (Lipinski definition) is 1. The van der Waals surface area contributed by atoms with E-state index in [0.717, 1.165) is 38.5 Å². The van der Waals surface area contributed by atoms with Gasteiger partial charge < -0.3 is 5.73 Å². The summed E-state index contributed by atoms with van der Waals surface area (Å²) in [6.45, 7) is 6.16. The third-order valence-corrected chi connectivity index (χ3v) is 8.49. The van der Waals surface area contributed by atoms with E-state index in [1.54, 1.807) is 6.92 Å². The number of hydrogen-bond acceptors (Lipinski definition) is 3. The minimum atomic E-state index is -1.30. The number of Topliss-reactive ketones (excluding diaryl/α,β-unsaturated/α-hetero) is 2. The fourth-order valence-corrected chi connectivity index (χ4v) is 5.39. The van der Waals surface area contributed by atoms with Crippen molar-refractivity contribution in [3.05, 3.63) is 24.3 Å². The highest BCUT2D eigenvalue weighted by Gasteiger charge is 2.34. The smallest absolute Gasteiger partial charge is 0.159 e. The lowest BCUT2D eigenvalue weighted by atomic mass is 9.86. The molecule has 0 aromatic heterocycles. The van der Waals surface area contributed by atoms with E-state index in [1.807, 2.05) is 0 Å². The highest BCUT2D eigenvalue weighted by atomic mass is 16.2. The van der Waals surface area contributed by atoms with Gasteiger partial charge >= 0.3 is 0 Å². The highest BCUT2D eigenvalue weighted by Crippen LogP contribution is 2.17. The third kappa shape index (κ3) is 26.2. The summed E-state index contributed by atoms with van der Waals surface area (Å²) in [6.07, 6.45) is 42.4. The summed E-state index contributed by atoms with van der Waals surface area (Å²) in [4.78, 5) is 25.3. The summed E-state index contributed by atoms with van der Waals surface area (Å²) in [6, 6.07) is 0. The van der Waals surface area contributed by atoms with Crippen LogP contribution in [0.2, 0.25) is 0 Å². The van der Waals surface area contributed by atoms with Gasteiger partial charge in [-0.05, 0) is 71.1 Å². The second kappa shape index (κ2) is 30.2. The van der Waals surface area contributed by atoms with Crippen molar-refractivity contribution in [2.24, 2.45) is 5.73 Å². The van der Waals surface area contributed by atoms with Crippen molar-refractivity contribution in [3.63, 3.8) is 0 Å². The maximum Gasteiger partial charge on any atom is 0.159 e. The molecular weight excluding hydrogens is 502 g/mol. The zero-order chi connectivity index (χ0) is 30.3. The Morgan fingerprint density at radius 2 is 0.683 bits per heavy atom. The molecule has 0 aliphatic heterocycles. The Bertz CT molecular complexity index is 595. The fraction of sp³-hybridized carbons (Fsp3) is 0.842. The molecule has 0 radical (unpaired) electrons. The number of carbonyl (C=O) groups excluding carboxylic acids is 2. The first-order valence-electron chi connectivity index (χ1n) is 18.1. The molecule has 0 aliphatic rings. The minimum Gasteiger partial charge on any atom is -0.313 e. The Hall–Kier alpha value is -1.22. The molecule has 0 unspecified atom stereocenters. The van der Waals surface area contributed by atoms with Crippen LogP contribution in [0.1, 0.15) is 201 Å². The van der Waals surface area contributed by atoms with Crippen LogP contribution in [0.25, 0.3) is 0 Å². The van der Waals surface area contributed by atoms with Crippen molar-refractivity contribution in [1.82, 2.24) is 0 Å². The molecule has 3 heteroatoms. The van der Waals surface area contributed by atoms with Crippen molar-refractivity contribution < 1.29 is 9.59 Å². The van der Waals surface area contributed by atoms with Gasteiger partial charge in [0.2, 0.25) is 0 Å². The third-order valence-electron chi connectivity index (χ3n) is 8.49. The minimum absolute atomic E-state index is 0.0760. The first kappa shape index (κ1) is 39.8. The van der Waals surface area contributed by atoms with E-state index in [0.29, 0.717) is 12.8 Å². The van der Waals surface area contributed by atoms with E-state index in [9.17, 15) is 9.59 Å². The second-order valence-electron chi connectivity index (χ2n) is 12.7. The number of unbranched alkanes of at least 4 members (excludes halogenated alkanes) is 22. The van der Waals surface area contributed by atoms with Crippen molar-refractivity contribution in [2.45, 2.75) is 206 Å². The van der Waals surface area contributed by atoms with Gasteiger partial charge in [-0.15, -0.1) is 0 Å². The van der Waals surface area contributed by atoms with Gasteiger partial charge in [0.25, 0.3) is 0 Å². The number of nitrogens with two attached hydrogens (primary N) is 1. The number of allylic oxidation sites excluding steroid dienone is 4. The van der Waals surface area contributed by atoms with Gasteiger partial charge in [-0.2, -0.15) is 0 Å². The molecule has 0 heterocycles. The van der Waals surface area contributed by atoms with Gasteiger partial charge in [-0.1, -0.05) is 141 Å². The number of carbonyl (C=O) groups is 2. The molecule has 0 saturated heterocycles. The van der Waals surface area contributed by atoms with Gasteiger partial charge in [-0.25, -0.2) is 0 Å². The van der Waals surface area contributed by atoms with Crippen LogP contribution in [0.3, 0.4) is 0 Å². The molecule has 41 heavy (non-hydrogen) atoms. The molecule has 0 rings (SSSR count). The standard InChI is InChI=1S/C38H71NO2/c1-4-6-8-10-12-14-16-18-20-22-24-26-28-30-32-34-36(40)38(3,39)37(41)35-33-31-29-27-25-23-21-19-17-15-13-11-9-7-5-2/h18-21H,4-17,22-35,39H2,1-3H3. The van der Waals surface area contributed by atoms with Crippen LogP contribution in [-0.2, 0) is 9.59 Å². The molecule has 0 amide bonds. The Morgan fingerprint density at radius 1 is 0.439 bits per heavy atom. The first-order valence-corrected chi connectivity index (χ1v) is 18.1. The monoisotopic (exact) mass is 574 g/mol. The van der Waals surface area contributed by atoms with Crippen LogP contribution in [0.15, 0.2) is 24.3 Å². The zero-order valence-corrected chi connectivity index (χ0v) is 28.0. The van der Waals surface area contributed by atoms with Gasteiger partial charge in [0.15, 0.2) is 11.6 Å². The lowest BCUT2D eigenvalue weighted by Crippen LogP contribution is -2.52. The Labute approximate surface area is 257 Å². The van der Waals surface area contributed by atoms with E-state index in [4.69, 9.17) is 5.73 Å². The van der Waals surface area contributed by atoms with Crippen molar-refractivity contribution in [2.75, 3.05) is 0 Å². The lowest BCUT2D eigenvalue weighted by molar-refractivity contribution is -0.134. The summed E-state index contributed by atoms with van der Waals surface area (Å²) in [7, 11) is 0. The summed E-state index contributed by atoms with van der Waals surface area (Å²) >= 11 is 0. The van der Waals surface area contributed by atoms with Crippen LogP contribution >= 0.6 is 0 Å². The molecule has 0 saturated carbocycles. The topological polar surface area (TPSA) is 60.2 Å². The summed E-state index contributed by atoms with van der Waals surface area (Å²) in [5, 5.41) is 0. The quantitative estimate of drug-likeness (QED) is 0.0494. The van der Waals surface area contributed by atoms with E-state index in [2.05, 4.69) is 38.2 Å². The SMILES string of the molecule is CCCCCCCCC=CCCCCCCCC(=O)C(C)(N)C(=O)CCCCCCCC=CCCCCCCCC. The normalized spacial score (nSPS) is 13.4. The van der Waals surface area contributed by atoms with Gasteiger partial charge in [0, 0.05) is 12.8 Å². The van der Waals surface area contributed by atoms with Crippen LogP contribution in [-0.4, -0.2) is 17.1 Å². The first-order chi connectivity index (χ1) is 20.0. The lowest BCUT2D eigenvalue weighted by Gasteiger charge is -2.21. The molecule has 0 spiro atoms. The molecule has 0 atom stereocenters. The maximum absolute atomic E-state index is 12.6. The predicted molar refractivity (Wildman–Crippen MR) is 182 cm³/mol. The molecule has 0 aromatic rings. The van der Waals surface area contributed by atoms with Crippen molar-refractivity contribution >= 4 is 11.6 Å². The van der Waals surface area contributed by atoms with Gasteiger partial charge in [0.05, 0.1) is 0 Å². The van der Waals surface area contributed by atoms with Gasteiger partial charge in [-0.3, -0.25) is 9.59 Å². The molecule has 240 valence electrons. The molecular formula is C38H71NO2. The molecule has 0 aromatic carbocycles. The number of rotatable bonds is 32. The van der Waals surface area contributed by atoms with E-state index >= 15 is 0 Å². The molecule has 0 fully saturated rings. The highest BCUT2D eigenvalue weighted by molar-refractivity contribution is 6.10. The Morgan fingerprint density at radius 3 is 0.976 bits per heavy atom. The average molecular weight is 574 g/mol. The van der Waals surface area contributed by atoms with Crippen molar-refractivity contribution in [3.8, 4) is 0 Å². The molecule has 2 N–H and O–H groups in total. The maximum atomic E-state index is 12.6. The summed E-state index contributed by atoms with van der Waals surface area (Å²) in [5.41, 5.74) is 4.91. The van der Waals surface area contributed by atoms with Crippen LogP contribution in [0.5, 0.6) is 0 Å². The molecule has 0 bridgehead atoms. The molecule has 3 nitrogen and oxygen atoms in total. The largest absolute Gasteiger partial charge is 0.313 e. The predicted octanol–water partition coefficient (Wildman–Crippen LogP) is 11.9. The van der Waals surface area contributed by atoms with Crippen molar-refractivity contribution in [1.29, 1.82) is 0 Å². The van der Waals surface area contributed by atoms with Crippen LogP contribution in [0.4, 0.5) is 0 Å². The summed E-state index contributed by atoms with van der Waals surface area (Å²) < 4.78 is 0. The van der Waals surface area contributed by atoms with E-state index in [-0.39, 0.29) is 11.6 Å². The number of ketones is 2. The van der Waals surface area contributed by atoms with E-state index < -0.39 is 5.54 Å².